The van der Waals surface area contributed by atoms with Gasteiger partial charge < -0.3 is 0 Å². The van der Waals surface area contributed by atoms with Gasteiger partial charge in [-0.3, -0.25) is 0 Å². The van der Waals surface area contributed by atoms with E-state index in [1.54, 1.807) is 0 Å². The summed E-state index contributed by atoms with van der Waals surface area (Å²) in [6.07, 6.45) is 1.46. The Morgan fingerprint density at radius 1 is 1.43 bits per heavy atom. The lowest BCUT2D eigenvalue weighted by atomic mass is 10.2. The largest absolute Gasteiger partial charge is 0.0748 e. The van der Waals surface area contributed by atoms with Crippen LogP contribution in [0.5, 0.6) is 0 Å². The van der Waals surface area contributed by atoms with Gasteiger partial charge in [-0.1, -0.05) is 32.9 Å². The first-order chi connectivity index (χ1) is 3.27. The lowest BCUT2D eigenvalue weighted by Crippen LogP contribution is -1.88. The Morgan fingerprint density at radius 3 is 2.14 bits per heavy atom. The van der Waals surface area contributed by atoms with E-state index in [0.29, 0.717) is 9.52 Å². The maximum absolute atomic E-state index is 2.38. The maximum atomic E-state index is 2.38. The zero-order valence-corrected chi connectivity index (χ0v) is 7.11. The molecule has 0 amide bonds. The quantitative estimate of drug-likeness (QED) is 0.492. The Balaban J connectivity index is 2.68. The highest BCUT2D eigenvalue weighted by atomic mass is 28.2. The Hall–Kier alpha value is 0.217. The molecule has 0 nitrogen and oxygen atoms in total. The van der Waals surface area contributed by atoms with Gasteiger partial charge in [-0.25, -0.2) is 0 Å². The van der Waals surface area contributed by atoms with Crippen molar-refractivity contribution in [3.05, 3.63) is 0 Å². The van der Waals surface area contributed by atoms with Crippen molar-refractivity contribution in [2.75, 3.05) is 0 Å². The van der Waals surface area contributed by atoms with Crippen molar-refractivity contribution >= 4 is 9.52 Å². The zero-order chi connectivity index (χ0) is 5.70. The van der Waals surface area contributed by atoms with Gasteiger partial charge in [0.25, 0.3) is 0 Å². The molecule has 0 fully saturated rings. The van der Waals surface area contributed by atoms with Gasteiger partial charge in [-0.2, -0.15) is 0 Å². The molecule has 0 aromatic rings. The smallest absolute Gasteiger partial charge is 0.0166 e. The summed E-state index contributed by atoms with van der Waals surface area (Å²) in [6.45, 7) is 6.97. The normalized spacial score (nSPS) is 12.0. The Bertz CT molecular complexity index is 33.2. The molecule has 44 valence electrons. The van der Waals surface area contributed by atoms with E-state index in [1.165, 1.54) is 12.5 Å². The fraction of sp³-hybridized carbons (Fsp3) is 1.00. The highest BCUT2D eigenvalue weighted by molar-refractivity contribution is 6.33. The molecule has 0 unspecified atom stereocenters. The predicted octanol–water partition coefficient (Wildman–Crippen LogP) is 1.67. The van der Waals surface area contributed by atoms with Crippen molar-refractivity contribution in [1.29, 1.82) is 0 Å². The molecule has 0 radical (unpaired) electrons. The highest BCUT2D eigenvalue weighted by Gasteiger charge is 1.89. The van der Waals surface area contributed by atoms with Crippen LogP contribution in [0.4, 0.5) is 0 Å². The van der Waals surface area contributed by atoms with Gasteiger partial charge in [0.2, 0.25) is 0 Å². The van der Waals surface area contributed by atoms with E-state index in [0.717, 1.165) is 5.92 Å². The van der Waals surface area contributed by atoms with E-state index < -0.39 is 0 Å². The van der Waals surface area contributed by atoms with Crippen LogP contribution >= 0.6 is 0 Å². The molecule has 0 spiro atoms. The van der Waals surface area contributed by atoms with Crippen LogP contribution in [0.25, 0.3) is 0 Å². The number of rotatable bonds is 3. The lowest BCUT2D eigenvalue weighted by Gasteiger charge is -1.98. The van der Waals surface area contributed by atoms with Crippen molar-refractivity contribution in [2.45, 2.75) is 32.9 Å². The molecule has 0 aromatic heterocycles. The molecule has 0 aliphatic rings. The lowest BCUT2D eigenvalue weighted by molar-refractivity contribution is 0.624. The summed E-state index contributed by atoms with van der Waals surface area (Å²) in [4.78, 5) is 0. The minimum Gasteiger partial charge on any atom is -0.0748 e. The first kappa shape index (κ1) is 7.22. The second-order valence-corrected chi connectivity index (χ2v) is 4.24. The topological polar surface area (TPSA) is 0 Å². The van der Waals surface area contributed by atoms with Gasteiger partial charge in [-0.05, 0) is 5.92 Å². The summed E-state index contributed by atoms with van der Waals surface area (Å²) in [5, 5.41) is 0. The Morgan fingerprint density at radius 2 is 2.00 bits per heavy atom. The zero-order valence-electron chi connectivity index (χ0n) is 5.70. The molecular weight excluding hydrogens is 100 g/mol. The third-order valence-electron chi connectivity index (χ3n) is 1.14. The first-order valence-corrected chi connectivity index (χ1v) is 5.68. The van der Waals surface area contributed by atoms with E-state index in [1.807, 2.05) is 0 Å². The summed E-state index contributed by atoms with van der Waals surface area (Å²) < 4.78 is 0. The summed E-state index contributed by atoms with van der Waals surface area (Å²) in [6, 6.07) is 1.54. The number of hydrogen-bond donors (Lipinski definition) is 0. The van der Waals surface area contributed by atoms with Gasteiger partial charge in [0, 0.05) is 9.52 Å². The average molecular weight is 116 g/mol. The van der Waals surface area contributed by atoms with E-state index >= 15 is 0 Å². The SMILES string of the molecule is C[SiH2]CCC(C)C. The molecule has 0 N–H and O–H groups in total. The van der Waals surface area contributed by atoms with E-state index in [9.17, 15) is 0 Å². The van der Waals surface area contributed by atoms with E-state index in [2.05, 4.69) is 20.4 Å². The monoisotopic (exact) mass is 116 g/mol. The van der Waals surface area contributed by atoms with Crippen LogP contribution in [0.1, 0.15) is 20.3 Å². The maximum Gasteiger partial charge on any atom is 0.0166 e. The molecule has 0 saturated heterocycles. The standard InChI is InChI=1S/C6H16Si/c1-6(2)4-5-7-3/h6H,4-5,7H2,1-3H3. The molecule has 0 atom stereocenters. The van der Waals surface area contributed by atoms with E-state index in [4.69, 9.17) is 0 Å². The Labute approximate surface area is 49.1 Å². The molecule has 0 aliphatic heterocycles. The van der Waals surface area contributed by atoms with Crippen molar-refractivity contribution in [1.82, 2.24) is 0 Å². The van der Waals surface area contributed by atoms with Crippen LogP contribution < -0.4 is 0 Å². The molecule has 0 aromatic carbocycles. The van der Waals surface area contributed by atoms with Gasteiger partial charge in [-0.15, -0.1) is 0 Å². The third kappa shape index (κ3) is 6.22. The minimum absolute atomic E-state index is 0.371. The second-order valence-electron chi connectivity index (χ2n) is 2.54. The summed E-state index contributed by atoms with van der Waals surface area (Å²) in [7, 11) is 0.371. The van der Waals surface area contributed by atoms with Crippen LogP contribution in [0.15, 0.2) is 0 Å². The third-order valence-corrected chi connectivity index (χ3v) is 2.25. The number of hydrogen-bond acceptors (Lipinski definition) is 0. The molecule has 0 bridgehead atoms. The van der Waals surface area contributed by atoms with Gasteiger partial charge in [0.1, 0.15) is 0 Å². The molecule has 0 saturated carbocycles. The van der Waals surface area contributed by atoms with Gasteiger partial charge in [0.05, 0.1) is 0 Å². The molecule has 0 heterocycles. The van der Waals surface area contributed by atoms with Crippen molar-refractivity contribution in [3.63, 3.8) is 0 Å². The fourth-order valence-corrected chi connectivity index (χ4v) is 1.84. The second kappa shape index (κ2) is 4.38. The predicted molar refractivity (Wildman–Crippen MR) is 38.7 cm³/mol. The summed E-state index contributed by atoms with van der Waals surface area (Å²) in [5.41, 5.74) is 0. The fourth-order valence-electron chi connectivity index (χ4n) is 0.612. The first-order valence-electron chi connectivity index (χ1n) is 3.27. The highest BCUT2D eigenvalue weighted by Crippen LogP contribution is 2.01. The van der Waals surface area contributed by atoms with Crippen molar-refractivity contribution in [3.8, 4) is 0 Å². The van der Waals surface area contributed by atoms with Crippen LogP contribution in [0, 0.1) is 5.92 Å². The Kier molecular flexibility index (Phi) is 4.51. The van der Waals surface area contributed by atoms with Crippen LogP contribution in [0.2, 0.25) is 12.6 Å². The summed E-state index contributed by atoms with van der Waals surface area (Å²) >= 11 is 0. The van der Waals surface area contributed by atoms with Crippen molar-refractivity contribution < 1.29 is 0 Å². The molecular formula is C6H16Si. The average Bonchev–Trinajstić information content (AvgIpc) is 1.61. The molecule has 7 heavy (non-hydrogen) atoms. The molecule has 0 rings (SSSR count). The van der Waals surface area contributed by atoms with Crippen LogP contribution in [0.3, 0.4) is 0 Å². The van der Waals surface area contributed by atoms with E-state index in [-0.39, 0.29) is 0 Å². The van der Waals surface area contributed by atoms with Crippen LogP contribution in [-0.4, -0.2) is 9.52 Å². The van der Waals surface area contributed by atoms with Crippen LogP contribution in [-0.2, 0) is 0 Å². The molecule has 1 heteroatoms. The molecule has 0 aliphatic carbocycles. The van der Waals surface area contributed by atoms with Gasteiger partial charge in [0.15, 0.2) is 0 Å². The summed E-state index contributed by atoms with van der Waals surface area (Å²) in [5.74, 6) is 0.937. The van der Waals surface area contributed by atoms with Crippen molar-refractivity contribution in [2.24, 2.45) is 5.92 Å². The minimum atomic E-state index is 0.371. The van der Waals surface area contributed by atoms with Gasteiger partial charge >= 0.3 is 0 Å².